The fraction of sp³-hybridized carbons (Fsp3) is 1.00. The van der Waals surface area contributed by atoms with Crippen LogP contribution in [0.4, 0.5) is 0 Å². The number of aliphatic hydroxyl groups is 1. The van der Waals surface area contributed by atoms with Crippen molar-refractivity contribution < 1.29 is 14.6 Å². The Bertz CT molecular complexity index is 143. The van der Waals surface area contributed by atoms with Gasteiger partial charge in [0.2, 0.25) is 0 Å². The average molecular weight is 203 g/mol. The molecule has 1 fully saturated rings. The lowest BCUT2D eigenvalue weighted by atomic mass is 10.2. The monoisotopic (exact) mass is 203 g/mol. The number of rotatable bonds is 6. The highest BCUT2D eigenvalue weighted by atomic mass is 16.5. The van der Waals surface area contributed by atoms with Crippen LogP contribution in [-0.2, 0) is 9.47 Å². The molecule has 0 spiro atoms. The van der Waals surface area contributed by atoms with Crippen molar-refractivity contribution in [2.75, 3.05) is 46.6 Å². The zero-order valence-corrected chi connectivity index (χ0v) is 8.95. The van der Waals surface area contributed by atoms with Gasteiger partial charge < -0.3 is 14.6 Å². The van der Waals surface area contributed by atoms with Gasteiger partial charge in [0.15, 0.2) is 0 Å². The van der Waals surface area contributed by atoms with Gasteiger partial charge in [0.1, 0.15) is 0 Å². The zero-order valence-electron chi connectivity index (χ0n) is 8.95. The number of unbranched alkanes of at least 4 members (excludes halogenated alkanes) is 1. The maximum Gasteiger partial charge on any atom is 0.0644 e. The molecule has 84 valence electrons. The second-order valence-electron chi connectivity index (χ2n) is 3.65. The summed E-state index contributed by atoms with van der Waals surface area (Å²) in [5, 5.41) is 9.12. The molecule has 1 saturated heterocycles. The second-order valence-corrected chi connectivity index (χ2v) is 3.65. The number of hydrogen-bond donors (Lipinski definition) is 1. The fourth-order valence-corrected chi connectivity index (χ4v) is 1.71. The lowest BCUT2D eigenvalue weighted by Crippen LogP contribution is -2.47. The lowest BCUT2D eigenvalue weighted by molar-refractivity contribution is -0.0282. The molecule has 1 atom stereocenters. The molecule has 1 aliphatic rings. The normalized spacial score (nSPS) is 24.0. The number of ether oxygens (including phenoxy) is 2. The number of methoxy groups -OCH3 is 1. The molecule has 1 unspecified atom stereocenters. The van der Waals surface area contributed by atoms with Crippen LogP contribution in [0.1, 0.15) is 12.8 Å². The zero-order chi connectivity index (χ0) is 10.2. The Morgan fingerprint density at radius 1 is 1.50 bits per heavy atom. The van der Waals surface area contributed by atoms with Crippen LogP contribution in [0, 0.1) is 0 Å². The van der Waals surface area contributed by atoms with Crippen LogP contribution in [0.3, 0.4) is 0 Å². The molecule has 0 amide bonds. The van der Waals surface area contributed by atoms with Crippen molar-refractivity contribution in [1.29, 1.82) is 0 Å². The maximum atomic E-state index is 9.12. The van der Waals surface area contributed by atoms with Gasteiger partial charge in [0.05, 0.1) is 25.9 Å². The van der Waals surface area contributed by atoms with Crippen LogP contribution >= 0.6 is 0 Å². The van der Waals surface area contributed by atoms with E-state index in [1.54, 1.807) is 7.11 Å². The van der Waals surface area contributed by atoms with E-state index in [0.29, 0.717) is 6.61 Å². The largest absolute Gasteiger partial charge is 0.395 e. The molecule has 14 heavy (non-hydrogen) atoms. The smallest absolute Gasteiger partial charge is 0.0644 e. The second kappa shape index (κ2) is 7.17. The van der Waals surface area contributed by atoms with E-state index in [1.807, 2.05) is 0 Å². The molecule has 1 N–H and O–H groups in total. The summed E-state index contributed by atoms with van der Waals surface area (Å²) >= 11 is 0. The summed E-state index contributed by atoms with van der Waals surface area (Å²) in [4.78, 5) is 2.30. The van der Waals surface area contributed by atoms with Gasteiger partial charge in [0.25, 0.3) is 0 Å². The summed E-state index contributed by atoms with van der Waals surface area (Å²) in [6.45, 7) is 4.47. The van der Waals surface area contributed by atoms with Crippen molar-refractivity contribution in [1.82, 2.24) is 4.90 Å². The van der Waals surface area contributed by atoms with Gasteiger partial charge in [-0.05, 0) is 19.4 Å². The van der Waals surface area contributed by atoms with Gasteiger partial charge in [0, 0.05) is 20.3 Å². The van der Waals surface area contributed by atoms with Gasteiger partial charge in [-0.3, -0.25) is 4.90 Å². The van der Waals surface area contributed by atoms with Crippen LogP contribution in [0.25, 0.3) is 0 Å². The molecule has 0 bridgehead atoms. The molecule has 0 aromatic heterocycles. The lowest BCUT2D eigenvalue weighted by Gasteiger charge is -2.34. The van der Waals surface area contributed by atoms with E-state index in [4.69, 9.17) is 14.6 Å². The quantitative estimate of drug-likeness (QED) is 0.622. The molecule has 1 aliphatic heterocycles. The van der Waals surface area contributed by atoms with E-state index in [9.17, 15) is 0 Å². The summed E-state index contributed by atoms with van der Waals surface area (Å²) in [6, 6.07) is 0.200. The van der Waals surface area contributed by atoms with Crippen molar-refractivity contribution in [2.24, 2.45) is 0 Å². The van der Waals surface area contributed by atoms with E-state index in [2.05, 4.69) is 4.90 Å². The van der Waals surface area contributed by atoms with Crippen molar-refractivity contribution in [2.45, 2.75) is 18.9 Å². The first-order chi connectivity index (χ1) is 6.88. The number of nitrogens with zero attached hydrogens (tertiary/aromatic N) is 1. The molecule has 0 aliphatic carbocycles. The summed E-state index contributed by atoms with van der Waals surface area (Å²) in [5.41, 5.74) is 0. The maximum absolute atomic E-state index is 9.12. The van der Waals surface area contributed by atoms with Gasteiger partial charge >= 0.3 is 0 Å². The third kappa shape index (κ3) is 3.92. The SMILES string of the molecule is COCCCCN1CCOCC1CO. The highest BCUT2D eigenvalue weighted by Crippen LogP contribution is 2.07. The summed E-state index contributed by atoms with van der Waals surface area (Å²) < 4.78 is 10.3. The summed E-state index contributed by atoms with van der Waals surface area (Å²) in [6.07, 6.45) is 2.22. The van der Waals surface area contributed by atoms with Gasteiger partial charge in [-0.15, -0.1) is 0 Å². The first-order valence-corrected chi connectivity index (χ1v) is 5.30. The van der Waals surface area contributed by atoms with Crippen LogP contribution in [0.15, 0.2) is 0 Å². The predicted molar refractivity (Wildman–Crippen MR) is 54.4 cm³/mol. The highest BCUT2D eigenvalue weighted by molar-refractivity contribution is 4.74. The van der Waals surface area contributed by atoms with Crippen LogP contribution < -0.4 is 0 Å². The predicted octanol–water partition coefficient (Wildman–Crippen LogP) is 0.106. The van der Waals surface area contributed by atoms with E-state index >= 15 is 0 Å². The van der Waals surface area contributed by atoms with E-state index < -0.39 is 0 Å². The molecule has 4 heteroatoms. The van der Waals surface area contributed by atoms with Gasteiger partial charge in [-0.2, -0.15) is 0 Å². The standard InChI is InChI=1S/C10H21NO3/c1-13-6-3-2-4-11-5-7-14-9-10(11)8-12/h10,12H,2-9H2,1H3. The third-order valence-corrected chi connectivity index (χ3v) is 2.60. The van der Waals surface area contributed by atoms with E-state index in [-0.39, 0.29) is 12.6 Å². The van der Waals surface area contributed by atoms with Gasteiger partial charge in [-0.25, -0.2) is 0 Å². The summed E-state index contributed by atoms with van der Waals surface area (Å²) in [5.74, 6) is 0. The Labute approximate surface area is 85.8 Å². The van der Waals surface area contributed by atoms with Gasteiger partial charge in [-0.1, -0.05) is 0 Å². The van der Waals surface area contributed by atoms with E-state index in [1.165, 1.54) is 0 Å². The summed E-state index contributed by atoms with van der Waals surface area (Å²) in [7, 11) is 1.73. The minimum absolute atomic E-state index is 0.199. The molecule has 4 nitrogen and oxygen atoms in total. The Balaban J connectivity index is 2.13. The number of hydrogen-bond acceptors (Lipinski definition) is 4. The Kier molecular flexibility index (Phi) is 6.10. The Hall–Kier alpha value is -0.160. The Morgan fingerprint density at radius 2 is 2.36 bits per heavy atom. The minimum atomic E-state index is 0.199. The Morgan fingerprint density at radius 3 is 3.07 bits per heavy atom. The molecule has 0 aromatic carbocycles. The van der Waals surface area contributed by atoms with Crippen molar-refractivity contribution >= 4 is 0 Å². The third-order valence-electron chi connectivity index (χ3n) is 2.60. The molecular formula is C10H21NO3. The molecular weight excluding hydrogens is 182 g/mol. The number of aliphatic hydroxyl groups excluding tert-OH is 1. The van der Waals surface area contributed by atoms with Crippen LogP contribution in [-0.4, -0.2) is 62.7 Å². The molecule has 0 aromatic rings. The molecule has 1 heterocycles. The average Bonchev–Trinajstić information content (AvgIpc) is 2.25. The molecule has 0 saturated carbocycles. The number of morpholine rings is 1. The highest BCUT2D eigenvalue weighted by Gasteiger charge is 2.21. The molecule has 0 radical (unpaired) electrons. The van der Waals surface area contributed by atoms with Crippen LogP contribution in [0.5, 0.6) is 0 Å². The van der Waals surface area contributed by atoms with Crippen molar-refractivity contribution in [3.05, 3.63) is 0 Å². The van der Waals surface area contributed by atoms with Crippen molar-refractivity contribution in [3.63, 3.8) is 0 Å². The minimum Gasteiger partial charge on any atom is -0.395 e. The fourth-order valence-electron chi connectivity index (χ4n) is 1.71. The van der Waals surface area contributed by atoms with E-state index in [0.717, 1.165) is 39.1 Å². The van der Waals surface area contributed by atoms with Crippen LogP contribution in [0.2, 0.25) is 0 Å². The molecule has 1 rings (SSSR count). The topological polar surface area (TPSA) is 41.9 Å². The van der Waals surface area contributed by atoms with Crippen molar-refractivity contribution in [3.8, 4) is 0 Å². The first kappa shape index (κ1) is 11.9. The first-order valence-electron chi connectivity index (χ1n) is 5.30.